The lowest BCUT2D eigenvalue weighted by Gasteiger charge is -2.12. The molecule has 7 heteroatoms. The van der Waals surface area contributed by atoms with Gasteiger partial charge in [-0.05, 0) is 37.1 Å². The summed E-state index contributed by atoms with van der Waals surface area (Å²) in [6, 6.07) is 16.3. The minimum absolute atomic E-state index is 0.0551. The molecule has 3 aromatic rings. The van der Waals surface area contributed by atoms with Crippen LogP contribution in [0.15, 0.2) is 59.6 Å². The zero-order chi connectivity index (χ0) is 22.5. The SMILES string of the molecule is COCCN1C(=O)/C(=C/c2cn(CCCOc3ccccc3C)c3ccccc23)SC1=S. The number of aryl methyl sites for hydroxylation is 2. The van der Waals surface area contributed by atoms with Crippen molar-refractivity contribution in [3.63, 3.8) is 0 Å². The highest BCUT2D eigenvalue weighted by atomic mass is 32.2. The summed E-state index contributed by atoms with van der Waals surface area (Å²) in [5.74, 6) is 0.876. The van der Waals surface area contributed by atoms with Crippen molar-refractivity contribution < 1.29 is 14.3 Å². The second-order valence-electron chi connectivity index (χ2n) is 7.59. The van der Waals surface area contributed by atoms with Crippen LogP contribution in [0.3, 0.4) is 0 Å². The summed E-state index contributed by atoms with van der Waals surface area (Å²) in [6.45, 7) is 4.46. The Labute approximate surface area is 198 Å². The number of ether oxygens (including phenoxy) is 2. The Morgan fingerprint density at radius 2 is 1.84 bits per heavy atom. The van der Waals surface area contributed by atoms with Gasteiger partial charge in [0.15, 0.2) is 0 Å². The summed E-state index contributed by atoms with van der Waals surface area (Å²) in [7, 11) is 1.62. The third-order valence-corrected chi connectivity index (χ3v) is 6.77. The predicted molar refractivity (Wildman–Crippen MR) is 135 cm³/mol. The molecule has 0 bridgehead atoms. The number of rotatable bonds is 9. The zero-order valence-electron chi connectivity index (χ0n) is 18.2. The molecule has 0 radical (unpaired) electrons. The van der Waals surface area contributed by atoms with Gasteiger partial charge in [-0.3, -0.25) is 9.69 Å². The van der Waals surface area contributed by atoms with Gasteiger partial charge in [0.2, 0.25) is 0 Å². The molecule has 2 aromatic carbocycles. The van der Waals surface area contributed by atoms with Gasteiger partial charge in [-0.25, -0.2) is 0 Å². The van der Waals surface area contributed by atoms with Crippen LogP contribution in [0, 0.1) is 6.92 Å². The third kappa shape index (κ3) is 4.90. The third-order valence-electron chi connectivity index (χ3n) is 5.39. The zero-order valence-corrected chi connectivity index (χ0v) is 19.9. The number of thioether (sulfide) groups is 1. The van der Waals surface area contributed by atoms with Crippen LogP contribution in [-0.2, 0) is 16.1 Å². The van der Waals surface area contributed by atoms with Gasteiger partial charge < -0.3 is 14.0 Å². The highest BCUT2D eigenvalue weighted by Crippen LogP contribution is 2.34. The van der Waals surface area contributed by atoms with Crippen molar-refractivity contribution in [3.05, 3.63) is 70.8 Å². The Morgan fingerprint density at radius 3 is 2.66 bits per heavy atom. The van der Waals surface area contributed by atoms with Crippen LogP contribution in [0.4, 0.5) is 0 Å². The fraction of sp³-hybridized carbons (Fsp3) is 0.280. The molecule has 0 atom stereocenters. The van der Waals surface area contributed by atoms with Crippen molar-refractivity contribution in [1.82, 2.24) is 9.47 Å². The average molecular weight is 467 g/mol. The second-order valence-corrected chi connectivity index (χ2v) is 9.26. The number of benzene rings is 2. The normalized spacial score (nSPS) is 15.3. The van der Waals surface area contributed by atoms with Gasteiger partial charge in [0.05, 0.1) is 24.7 Å². The lowest BCUT2D eigenvalue weighted by Crippen LogP contribution is -2.31. The first-order chi connectivity index (χ1) is 15.6. The van der Waals surface area contributed by atoms with E-state index in [4.69, 9.17) is 21.7 Å². The molecule has 1 aliphatic rings. The Kier molecular flexibility index (Phi) is 7.29. The lowest BCUT2D eigenvalue weighted by atomic mass is 10.1. The molecule has 2 heterocycles. The first-order valence-electron chi connectivity index (χ1n) is 10.6. The molecular formula is C25H26N2O3S2. The first-order valence-corrected chi connectivity index (χ1v) is 11.8. The van der Waals surface area contributed by atoms with Crippen LogP contribution < -0.4 is 4.74 Å². The van der Waals surface area contributed by atoms with Gasteiger partial charge in [0.1, 0.15) is 10.1 Å². The van der Waals surface area contributed by atoms with Crippen molar-refractivity contribution >= 4 is 51.2 Å². The number of carbonyl (C=O) groups excluding carboxylic acids is 1. The van der Waals surface area contributed by atoms with E-state index in [2.05, 4.69) is 35.9 Å². The Bertz CT molecular complexity index is 1170. The summed E-state index contributed by atoms with van der Waals surface area (Å²) >= 11 is 6.75. The predicted octanol–water partition coefficient (Wildman–Crippen LogP) is 5.27. The molecule has 4 rings (SSSR count). The van der Waals surface area contributed by atoms with Gasteiger partial charge in [-0.2, -0.15) is 0 Å². The van der Waals surface area contributed by atoms with E-state index in [1.54, 1.807) is 12.0 Å². The molecule has 0 spiro atoms. The number of methoxy groups -OCH3 is 1. The summed E-state index contributed by atoms with van der Waals surface area (Å²) in [5.41, 5.74) is 3.31. The number of aromatic nitrogens is 1. The van der Waals surface area contributed by atoms with Crippen molar-refractivity contribution in [1.29, 1.82) is 0 Å². The molecular weight excluding hydrogens is 440 g/mol. The number of hydrogen-bond donors (Lipinski definition) is 0. The van der Waals surface area contributed by atoms with Crippen LogP contribution in [0.1, 0.15) is 17.5 Å². The molecule has 32 heavy (non-hydrogen) atoms. The number of hydrogen-bond acceptors (Lipinski definition) is 5. The molecule has 1 fully saturated rings. The van der Waals surface area contributed by atoms with E-state index in [0.29, 0.717) is 29.0 Å². The Balaban J connectivity index is 1.49. The van der Waals surface area contributed by atoms with Crippen molar-refractivity contribution in [3.8, 4) is 5.75 Å². The van der Waals surface area contributed by atoms with E-state index < -0.39 is 0 Å². The quantitative estimate of drug-likeness (QED) is 0.244. The van der Waals surface area contributed by atoms with Gasteiger partial charge in [-0.1, -0.05) is 60.4 Å². The van der Waals surface area contributed by atoms with Gasteiger partial charge >= 0.3 is 0 Å². The minimum Gasteiger partial charge on any atom is -0.493 e. The molecule has 0 N–H and O–H groups in total. The molecule has 1 aromatic heterocycles. The highest BCUT2D eigenvalue weighted by molar-refractivity contribution is 8.26. The maximum atomic E-state index is 12.8. The largest absolute Gasteiger partial charge is 0.493 e. The van der Waals surface area contributed by atoms with Crippen LogP contribution in [0.2, 0.25) is 0 Å². The summed E-state index contributed by atoms with van der Waals surface area (Å²) in [6.07, 6.45) is 4.94. The maximum Gasteiger partial charge on any atom is 0.266 e. The van der Waals surface area contributed by atoms with Crippen molar-refractivity contribution in [2.24, 2.45) is 0 Å². The van der Waals surface area contributed by atoms with Crippen LogP contribution >= 0.6 is 24.0 Å². The number of carbonyl (C=O) groups is 1. The van der Waals surface area contributed by atoms with E-state index in [-0.39, 0.29) is 5.91 Å². The van der Waals surface area contributed by atoms with E-state index in [0.717, 1.165) is 40.7 Å². The molecule has 1 amide bonds. The minimum atomic E-state index is -0.0551. The van der Waals surface area contributed by atoms with Crippen molar-refractivity contribution in [2.45, 2.75) is 19.9 Å². The van der Waals surface area contributed by atoms with Gasteiger partial charge in [0.25, 0.3) is 5.91 Å². The molecule has 166 valence electrons. The molecule has 0 aliphatic carbocycles. The fourth-order valence-corrected chi connectivity index (χ4v) is 5.03. The number of thiocarbonyl (C=S) groups is 1. The number of amides is 1. The Hall–Kier alpha value is -2.61. The van der Waals surface area contributed by atoms with E-state index in [1.165, 1.54) is 11.8 Å². The maximum absolute atomic E-state index is 12.8. The topological polar surface area (TPSA) is 43.7 Å². The summed E-state index contributed by atoms with van der Waals surface area (Å²) in [5, 5.41) is 1.12. The monoisotopic (exact) mass is 466 g/mol. The summed E-state index contributed by atoms with van der Waals surface area (Å²) in [4.78, 5) is 15.1. The van der Waals surface area contributed by atoms with E-state index >= 15 is 0 Å². The first kappa shape index (κ1) is 22.6. The molecule has 5 nitrogen and oxygen atoms in total. The van der Waals surface area contributed by atoms with Crippen LogP contribution in [0.5, 0.6) is 5.75 Å². The standard InChI is InChI=1S/C25H26N2O3S2/c1-18-8-3-6-11-22(18)30-14-7-12-26-17-19(20-9-4-5-10-21(20)26)16-23-24(28)27(13-15-29-2)25(31)32-23/h3-6,8-11,16-17H,7,12-15H2,1-2H3/b23-16-. The van der Waals surface area contributed by atoms with E-state index in [1.807, 2.05) is 36.4 Å². The van der Waals surface area contributed by atoms with Crippen LogP contribution in [0.25, 0.3) is 17.0 Å². The smallest absolute Gasteiger partial charge is 0.266 e. The van der Waals surface area contributed by atoms with Crippen molar-refractivity contribution in [2.75, 3.05) is 26.9 Å². The Morgan fingerprint density at radius 1 is 1.06 bits per heavy atom. The summed E-state index contributed by atoms with van der Waals surface area (Å²) < 4.78 is 13.9. The average Bonchev–Trinajstić information content (AvgIpc) is 3.28. The number of para-hydroxylation sites is 2. The number of nitrogens with zero attached hydrogens (tertiary/aromatic N) is 2. The lowest BCUT2D eigenvalue weighted by molar-refractivity contribution is -0.122. The molecule has 1 aliphatic heterocycles. The van der Waals surface area contributed by atoms with Crippen LogP contribution in [-0.4, -0.2) is 46.6 Å². The molecule has 0 unspecified atom stereocenters. The van der Waals surface area contributed by atoms with Gasteiger partial charge in [-0.15, -0.1) is 0 Å². The van der Waals surface area contributed by atoms with Gasteiger partial charge in [0, 0.05) is 36.3 Å². The number of fused-ring (bicyclic) bond motifs is 1. The highest BCUT2D eigenvalue weighted by Gasteiger charge is 2.31. The van der Waals surface area contributed by atoms with E-state index in [9.17, 15) is 4.79 Å². The molecule has 0 saturated carbocycles. The second kappa shape index (κ2) is 10.3. The molecule has 1 saturated heterocycles. The fourth-order valence-electron chi connectivity index (χ4n) is 3.73.